The van der Waals surface area contributed by atoms with Crippen molar-refractivity contribution in [3.05, 3.63) is 90.0 Å². The summed E-state index contributed by atoms with van der Waals surface area (Å²) in [5.41, 5.74) is 6.14. The van der Waals surface area contributed by atoms with Crippen molar-refractivity contribution in [3.8, 4) is 34.2 Å². The molecule has 0 bridgehead atoms. The molecule has 0 radical (unpaired) electrons. The number of hydrogen-bond donors (Lipinski definition) is 2. The molecule has 47 heavy (non-hydrogen) atoms. The van der Waals surface area contributed by atoms with E-state index in [0.717, 1.165) is 78.8 Å². The first kappa shape index (κ1) is 33.6. The van der Waals surface area contributed by atoms with Crippen molar-refractivity contribution in [2.45, 2.75) is 84.1 Å². The van der Waals surface area contributed by atoms with Crippen LogP contribution in [0.15, 0.2) is 89.5 Å². The van der Waals surface area contributed by atoms with E-state index < -0.39 is 0 Å². The summed E-state index contributed by atoms with van der Waals surface area (Å²) in [6, 6.07) is 20.7. The zero-order valence-electron chi connectivity index (χ0n) is 27.8. The minimum absolute atomic E-state index is 0.157. The Hall–Kier alpha value is -4.76. The van der Waals surface area contributed by atoms with E-state index in [1.54, 1.807) is 6.34 Å². The highest BCUT2D eigenvalue weighted by atomic mass is 16.1. The molecule has 242 valence electrons. The summed E-state index contributed by atoms with van der Waals surface area (Å²) >= 11 is 0. The van der Waals surface area contributed by atoms with Gasteiger partial charge in [0.05, 0.1) is 12.2 Å². The predicted molar refractivity (Wildman–Crippen MR) is 196 cm³/mol. The molecule has 1 atom stereocenters. The first-order valence-electron chi connectivity index (χ1n) is 17.3. The van der Waals surface area contributed by atoms with Crippen molar-refractivity contribution in [2.24, 2.45) is 10.9 Å². The minimum atomic E-state index is 0.157. The molecule has 1 aromatic heterocycles. The van der Waals surface area contributed by atoms with Crippen molar-refractivity contribution >= 4 is 30.6 Å². The monoisotopic (exact) mass is 626 g/mol. The highest BCUT2D eigenvalue weighted by Gasteiger charge is 2.34. The lowest BCUT2D eigenvalue weighted by Crippen LogP contribution is -2.23. The number of amides is 1. The summed E-state index contributed by atoms with van der Waals surface area (Å²) in [6.45, 7) is 7.60. The van der Waals surface area contributed by atoms with Gasteiger partial charge in [-0.15, -0.1) is 5.92 Å². The lowest BCUT2D eigenvalue weighted by atomic mass is 9.95. The van der Waals surface area contributed by atoms with Crippen LogP contribution in [0, 0.1) is 23.2 Å². The predicted octanol–water partition coefficient (Wildman–Crippen LogP) is 9.08. The lowest BCUT2D eigenvalue weighted by Gasteiger charge is -2.16. The molecule has 0 saturated carbocycles. The van der Waals surface area contributed by atoms with Crippen LogP contribution in [0.4, 0.5) is 5.82 Å². The number of carbonyl (C=O) groups excluding carboxylic acids is 1. The summed E-state index contributed by atoms with van der Waals surface area (Å²) in [5.74, 6) is 8.33. The number of rotatable bonds is 15. The Balaban J connectivity index is 1.25. The molecule has 2 N–H and O–H groups in total. The quantitative estimate of drug-likeness (QED) is 0.0986. The molecule has 6 heteroatoms. The number of benzene rings is 2. The highest BCUT2D eigenvalue weighted by Crippen LogP contribution is 2.44. The van der Waals surface area contributed by atoms with Gasteiger partial charge in [0.15, 0.2) is 0 Å². The van der Waals surface area contributed by atoms with Gasteiger partial charge in [-0.25, -0.2) is 4.58 Å². The maximum Gasteiger partial charge on any atom is 0.271 e. The number of allylic oxidation sites excluding steroid dienone is 4. The highest BCUT2D eigenvalue weighted by molar-refractivity contribution is 6.10. The van der Waals surface area contributed by atoms with Crippen LogP contribution in [0.5, 0.6) is 0 Å². The van der Waals surface area contributed by atoms with Gasteiger partial charge in [-0.3, -0.25) is 4.79 Å². The first-order valence-corrected chi connectivity index (χ1v) is 17.3. The Bertz CT molecular complexity index is 1700. The molecule has 5 rings (SSSR count). The Labute approximate surface area is 280 Å². The number of hydrogen-bond acceptors (Lipinski definition) is 3. The van der Waals surface area contributed by atoms with E-state index in [0.29, 0.717) is 18.8 Å². The van der Waals surface area contributed by atoms with Crippen molar-refractivity contribution < 1.29 is 9.37 Å². The fourth-order valence-electron chi connectivity index (χ4n) is 6.29. The van der Waals surface area contributed by atoms with Crippen LogP contribution in [0.1, 0.15) is 83.1 Å². The molecular formula is C41H48N5O+. The molecule has 0 saturated heterocycles. The normalized spacial score (nSPS) is 15.2. The molecule has 1 aliphatic heterocycles. The van der Waals surface area contributed by atoms with Crippen LogP contribution in [0.3, 0.4) is 0 Å². The third-order valence-electron chi connectivity index (χ3n) is 8.76. The molecule has 0 fully saturated rings. The second kappa shape index (κ2) is 17.2. The van der Waals surface area contributed by atoms with Crippen molar-refractivity contribution in [2.75, 3.05) is 6.54 Å². The molecule has 2 aromatic carbocycles. The topological polar surface area (TPSA) is 73.2 Å². The van der Waals surface area contributed by atoms with Gasteiger partial charge in [0.1, 0.15) is 5.56 Å². The van der Waals surface area contributed by atoms with Gasteiger partial charge in [0.25, 0.3) is 5.84 Å². The molecule has 2 heterocycles. The van der Waals surface area contributed by atoms with E-state index >= 15 is 0 Å². The van der Waals surface area contributed by atoms with Crippen LogP contribution in [0.25, 0.3) is 22.4 Å². The van der Waals surface area contributed by atoms with Gasteiger partial charge >= 0.3 is 0 Å². The zero-order valence-corrected chi connectivity index (χ0v) is 27.8. The minimum Gasteiger partial charge on any atom is -0.356 e. The standard InChI is InChI=1S/C41H47N5O/c1-3-4-5-6-7-17-27-36(47)43-28-18-9-8-12-20-32-21-19-22-33(29-32)30-46-39(35-25-15-11-16-26-35)37(34-23-13-10-14-24-34)38-40(42)45(2)31-44-41(38)46/h10-11,13-16,19,22-26,29,31-32,42H,2-9,17-18,21,27-28,30H2,1H3/p+1. The number of fused-ring (bicyclic) bond motifs is 1. The summed E-state index contributed by atoms with van der Waals surface area (Å²) in [5, 5.41) is 12.1. The van der Waals surface area contributed by atoms with Crippen molar-refractivity contribution in [1.82, 2.24) is 9.88 Å². The molecule has 1 unspecified atom stereocenters. The smallest absolute Gasteiger partial charge is 0.271 e. The molecule has 1 aliphatic carbocycles. The Kier molecular flexibility index (Phi) is 12.3. The SMILES string of the molecule is C=[N+]1C=Nc2c(c(-c3ccccc3)c(-c3ccccc3)n2CC2=CC(C#CCCCCNC(=O)CCCCCCCC)CC=C2)C1=N. The third kappa shape index (κ3) is 8.95. The van der Waals surface area contributed by atoms with Gasteiger partial charge in [0.2, 0.25) is 18.1 Å². The number of amidine groups is 1. The number of aromatic nitrogens is 1. The van der Waals surface area contributed by atoms with E-state index in [1.165, 1.54) is 35.8 Å². The van der Waals surface area contributed by atoms with Gasteiger partial charge in [-0.1, -0.05) is 129 Å². The largest absolute Gasteiger partial charge is 0.356 e. The number of nitrogens with one attached hydrogen (secondary N) is 2. The second-order valence-electron chi connectivity index (χ2n) is 12.4. The van der Waals surface area contributed by atoms with Gasteiger partial charge in [-0.05, 0) is 42.4 Å². The Morgan fingerprint density at radius 2 is 1.70 bits per heavy atom. The average molecular weight is 627 g/mol. The lowest BCUT2D eigenvalue weighted by molar-refractivity contribution is -0.246. The third-order valence-corrected chi connectivity index (χ3v) is 8.76. The fourth-order valence-corrected chi connectivity index (χ4v) is 6.29. The maximum atomic E-state index is 12.1. The van der Waals surface area contributed by atoms with E-state index in [-0.39, 0.29) is 11.8 Å². The summed E-state index contributed by atoms with van der Waals surface area (Å²) < 4.78 is 3.78. The fraction of sp³-hybridized carbons (Fsp3) is 0.366. The summed E-state index contributed by atoms with van der Waals surface area (Å²) in [6.07, 6.45) is 19.8. The van der Waals surface area contributed by atoms with Crippen molar-refractivity contribution in [3.63, 3.8) is 0 Å². The number of unbranched alkanes of at least 4 members (excludes halogenated alkanes) is 7. The van der Waals surface area contributed by atoms with E-state index in [9.17, 15) is 4.79 Å². The number of carbonyl (C=O) groups is 1. The van der Waals surface area contributed by atoms with Crippen LogP contribution >= 0.6 is 0 Å². The van der Waals surface area contributed by atoms with Crippen LogP contribution in [-0.4, -0.2) is 40.5 Å². The van der Waals surface area contributed by atoms with Gasteiger partial charge in [0, 0.05) is 37.6 Å². The Morgan fingerprint density at radius 3 is 2.47 bits per heavy atom. The summed E-state index contributed by atoms with van der Waals surface area (Å²) in [4.78, 5) is 16.9. The molecule has 2 aliphatic rings. The van der Waals surface area contributed by atoms with E-state index in [1.807, 2.05) is 24.3 Å². The molecular weight excluding hydrogens is 578 g/mol. The van der Waals surface area contributed by atoms with Gasteiger partial charge < -0.3 is 9.88 Å². The van der Waals surface area contributed by atoms with Crippen LogP contribution in [-0.2, 0) is 11.3 Å². The Morgan fingerprint density at radius 1 is 0.979 bits per heavy atom. The molecule has 3 aromatic rings. The number of aliphatic imine (C=N–C) groups is 1. The molecule has 6 nitrogen and oxygen atoms in total. The molecule has 1 amide bonds. The van der Waals surface area contributed by atoms with Crippen LogP contribution < -0.4 is 5.32 Å². The average Bonchev–Trinajstić information content (AvgIpc) is 3.42. The summed E-state index contributed by atoms with van der Waals surface area (Å²) in [7, 11) is 0. The van der Waals surface area contributed by atoms with Gasteiger partial charge in [-0.2, -0.15) is 5.41 Å². The van der Waals surface area contributed by atoms with E-state index in [2.05, 4.69) is 90.0 Å². The van der Waals surface area contributed by atoms with Crippen LogP contribution in [0.2, 0.25) is 0 Å². The van der Waals surface area contributed by atoms with E-state index in [4.69, 9.17) is 10.4 Å². The second-order valence-corrected chi connectivity index (χ2v) is 12.4. The maximum absolute atomic E-state index is 12.1. The zero-order chi connectivity index (χ0) is 32.8. The van der Waals surface area contributed by atoms with Crippen molar-refractivity contribution in [1.29, 1.82) is 5.41 Å². The molecule has 0 spiro atoms. The number of nitrogens with zero attached hydrogens (tertiary/aromatic N) is 3. The first-order chi connectivity index (χ1) is 23.1.